The Labute approximate surface area is 84.6 Å². The number of carbonyl (C=O) groups is 1. The second-order valence-electron chi connectivity index (χ2n) is 2.92. The molecule has 0 spiro atoms. The topological polar surface area (TPSA) is 61.1 Å². The quantitative estimate of drug-likeness (QED) is 0.828. The molecule has 3 nitrogen and oxygen atoms in total. The monoisotopic (exact) mass is 211 g/mol. The van der Waals surface area contributed by atoms with Gasteiger partial charge in [0.05, 0.1) is 6.07 Å². The highest BCUT2D eigenvalue weighted by atomic mass is 19.1. The van der Waals surface area contributed by atoms with Crippen LogP contribution in [0, 0.1) is 28.9 Å². The molecule has 0 saturated carbocycles. The van der Waals surface area contributed by atoms with Crippen LogP contribution in [0.3, 0.4) is 0 Å². The largest absolute Gasteiger partial charge is 0.480 e. The zero-order chi connectivity index (χ0) is 11.4. The van der Waals surface area contributed by atoms with Crippen LogP contribution in [0.4, 0.5) is 8.78 Å². The average Bonchev–Trinajstić information content (AvgIpc) is 2.17. The number of halogens is 2. The van der Waals surface area contributed by atoms with Crippen LogP contribution in [0.25, 0.3) is 0 Å². The number of nitriles is 1. The molecule has 0 fully saturated rings. The SMILES string of the molecule is N#CC(Cc1c(F)cccc1F)C(=O)O. The Balaban J connectivity index is 2.99. The fraction of sp³-hybridized carbons (Fsp3) is 0.200. The maximum Gasteiger partial charge on any atom is 0.321 e. The lowest BCUT2D eigenvalue weighted by Gasteiger charge is -2.06. The Kier molecular flexibility index (Phi) is 3.34. The Bertz CT molecular complexity index is 406. The highest BCUT2D eigenvalue weighted by Crippen LogP contribution is 2.16. The lowest BCUT2D eigenvalue weighted by molar-refractivity contribution is -0.139. The molecule has 0 heterocycles. The lowest BCUT2D eigenvalue weighted by Crippen LogP contribution is -2.15. The van der Waals surface area contributed by atoms with Crippen molar-refractivity contribution in [3.05, 3.63) is 35.4 Å². The highest BCUT2D eigenvalue weighted by Gasteiger charge is 2.21. The summed E-state index contributed by atoms with van der Waals surface area (Å²) in [5, 5.41) is 17.0. The fourth-order valence-corrected chi connectivity index (χ4v) is 1.12. The summed E-state index contributed by atoms with van der Waals surface area (Å²) in [6.45, 7) is 0. The van der Waals surface area contributed by atoms with Gasteiger partial charge in [0.2, 0.25) is 0 Å². The molecule has 0 aliphatic heterocycles. The van der Waals surface area contributed by atoms with Gasteiger partial charge >= 0.3 is 5.97 Å². The van der Waals surface area contributed by atoms with Gasteiger partial charge < -0.3 is 5.11 Å². The van der Waals surface area contributed by atoms with Crippen molar-refractivity contribution < 1.29 is 18.7 Å². The van der Waals surface area contributed by atoms with Crippen LogP contribution in [0.1, 0.15) is 5.56 Å². The molecule has 1 N–H and O–H groups in total. The number of hydrogen-bond donors (Lipinski definition) is 1. The molecule has 0 aliphatic carbocycles. The van der Waals surface area contributed by atoms with Gasteiger partial charge in [-0.25, -0.2) is 8.78 Å². The summed E-state index contributed by atoms with van der Waals surface area (Å²) in [7, 11) is 0. The molecule has 0 aliphatic rings. The third kappa shape index (κ3) is 2.50. The van der Waals surface area contributed by atoms with E-state index in [4.69, 9.17) is 10.4 Å². The molecule has 1 aromatic carbocycles. The van der Waals surface area contributed by atoms with Crippen molar-refractivity contribution in [1.29, 1.82) is 5.26 Å². The molecule has 0 radical (unpaired) electrons. The van der Waals surface area contributed by atoms with Crippen LogP contribution in [0.5, 0.6) is 0 Å². The van der Waals surface area contributed by atoms with Crippen molar-refractivity contribution >= 4 is 5.97 Å². The van der Waals surface area contributed by atoms with Crippen molar-refractivity contribution in [2.45, 2.75) is 6.42 Å². The lowest BCUT2D eigenvalue weighted by atomic mass is 10.00. The van der Waals surface area contributed by atoms with E-state index in [-0.39, 0.29) is 5.56 Å². The van der Waals surface area contributed by atoms with Gasteiger partial charge in [-0.2, -0.15) is 5.26 Å². The second-order valence-corrected chi connectivity index (χ2v) is 2.92. The molecule has 0 bridgehead atoms. The Hall–Kier alpha value is -1.96. The summed E-state index contributed by atoms with van der Waals surface area (Å²) in [6.07, 6.45) is -0.468. The molecule has 1 aromatic rings. The van der Waals surface area contributed by atoms with Crippen LogP contribution >= 0.6 is 0 Å². The number of carboxylic acid groups (broad SMARTS) is 1. The Morgan fingerprint density at radius 2 is 2.00 bits per heavy atom. The Morgan fingerprint density at radius 1 is 1.47 bits per heavy atom. The van der Waals surface area contributed by atoms with E-state index in [0.29, 0.717) is 0 Å². The fourth-order valence-electron chi connectivity index (χ4n) is 1.12. The van der Waals surface area contributed by atoms with E-state index in [0.717, 1.165) is 12.1 Å². The van der Waals surface area contributed by atoms with Gasteiger partial charge in [0.15, 0.2) is 0 Å². The van der Waals surface area contributed by atoms with Gasteiger partial charge in [0.1, 0.15) is 17.6 Å². The normalized spacial score (nSPS) is 11.8. The van der Waals surface area contributed by atoms with Crippen molar-refractivity contribution in [3.8, 4) is 6.07 Å². The zero-order valence-electron chi connectivity index (χ0n) is 7.58. The second kappa shape index (κ2) is 4.51. The third-order valence-corrected chi connectivity index (χ3v) is 1.92. The number of benzene rings is 1. The first kappa shape index (κ1) is 11.1. The average molecular weight is 211 g/mol. The number of hydrogen-bond acceptors (Lipinski definition) is 2. The first-order valence-corrected chi connectivity index (χ1v) is 4.11. The summed E-state index contributed by atoms with van der Waals surface area (Å²) in [6, 6.07) is 4.69. The predicted octanol–water partition coefficient (Wildman–Crippen LogP) is 1.73. The van der Waals surface area contributed by atoms with Crippen molar-refractivity contribution in [1.82, 2.24) is 0 Å². The third-order valence-electron chi connectivity index (χ3n) is 1.92. The van der Waals surface area contributed by atoms with E-state index in [1.807, 2.05) is 0 Å². The van der Waals surface area contributed by atoms with Gasteiger partial charge in [-0.15, -0.1) is 0 Å². The minimum Gasteiger partial charge on any atom is -0.480 e. The van der Waals surface area contributed by atoms with Gasteiger partial charge in [-0.05, 0) is 12.1 Å². The molecule has 0 aromatic heterocycles. The van der Waals surface area contributed by atoms with Crippen molar-refractivity contribution in [2.24, 2.45) is 5.92 Å². The minimum absolute atomic E-state index is 0.369. The number of nitrogens with zero attached hydrogens (tertiary/aromatic N) is 1. The maximum atomic E-state index is 13.1. The zero-order valence-corrected chi connectivity index (χ0v) is 7.58. The number of carboxylic acids is 1. The van der Waals surface area contributed by atoms with E-state index in [2.05, 4.69) is 0 Å². The van der Waals surface area contributed by atoms with Crippen LogP contribution in [-0.4, -0.2) is 11.1 Å². The number of aliphatic carboxylic acids is 1. The number of rotatable bonds is 3. The summed E-state index contributed by atoms with van der Waals surface area (Å²) >= 11 is 0. The predicted molar refractivity (Wildman–Crippen MR) is 46.8 cm³/mol. The maximum absolute atomic E-state index is 13.1. The van der Waals surface area contributed by atoms with Crippen molar-refractivity contribution in [2.75, 3.05) is 0 Å². The van der Waals surface area contributed by atoms with Gasteiger partial charge in [-0.3, -0.25) is 4.79 Å². The molecule has 15 heavy (non-hydrogen) atoms. The van der Waals surface area contributed by atoms with Crippen LogP contribution in [0.15, 0.2) is 18.2 Å². The van der Waals surface area contributed by atoms with E-state index >= 15 is 0 Å². The summed E-state index contributed by atoms with van der Waals surface area (Å²) in [4.78, 5) is 10.5. The van der Waals surface area contributed by atoms with Crippen LogP contribution in [-0.2, 0) is 11.2 Å². The smallest absolute Gasteiger partial charge is 0.321 e. The molecule has 5 heteroatoms. The van der Waals surface area contributed by atoms with Gasteiger partial charge in [0.25, 0.3) is 0 Å². The molecular weight excluding hydrogens is 204 g/mol. The van der Waals surface area contributed by atoms with Gasteiger partial charge in [-0.1, -0.05) is 6.07 Å². The van der Waals surface area contributed by atoms with Gasteiger partial charge in [0, 0.05) is 12.0 Å². The van der Waals surface area contributed by atoms with E-state index < -0.39 is 29.9 Å². The molecular formula is C10H7F2NO2. The van der Waals surface area contributed by atoms with E-state index in [1.165, 1.54) is 12.1 Å². The summed E-state index contributed by atoms with van der Waals surface area (Å²) in [5.41, 5.74) is -0.369. The van der Waals surface area contributed by atoms with Crippen molar-refractivity contribution in [3.63, 3.8) is 0 Å². The minimum atomic E-state index is -1.43. The first-order chi connectivity index (χ1) is 7.06. The standard InChI is InChI=1S/C10H7F2NO2/c11-8-2-1-3-9(12)7(8)4-6(5-13)10(14)15/h1-3,6H,4H2,(H,14,15). The first-order valence-electron chi connectivity index (χ1n) is 4.11. The molecule has 0 amide bonds. The molecule has 0 saturated heterocycles. The van der Waals surface area contributed by atoms with Crippen LogP contribution < -0.4 is 0 Å². The Morgan fingerprint density at radius 3 is 2.40 bits per heavy atom. The van der Waals surface area contributed by atoms with Crippen LogP contribution in [0.2, 0.25) is 0 Å². The molecule has 1 atom stereocenters. The highest BCUT2D eigenvalue weighted by molar-refractivity contribution is 5.73. The van der Waals surface area contributed by atoms with E-state index in [1.54, 1.807) is 0 Å². The molecule has 1 unspecified atom stereocenters. The summed E-state index contributed by atoms with van der Waals surface area (Å²) in [5.74, 6) is -4.50. The summed E-state index contributed by atoms with van der Waals surface area (Å²) < 4.78 is 26.1. The van der Waals surface area contributed by atoms with E-state index in [9.17, 15) is 13.6 Å². The molecule has 1 rings (SSSR count). The molecule has 78 valence electrons.